The molecule has 0 spiro atoms. The number of hydrogen-bond acceptors (Lipinski definition) is 4. The number of rotatable bonds is 1. The molecule has 0 bridgehead atoms. The van der Waals surface area contributed by atoms with E-state index in [1.165, 1.54) is 0 Å². The lowest BCUT2D eigenvalue weighted by Crippen LogP contribution is -2.22. The predicted molar refractivity (Wildman–Crippen MR) is 36.7 cm³/mol. The van der Waals surface area contributed by atoms with Crippen molar-refractivity contribution in [3.8, 4) is 0 Å². The molecule has 0 saturated heterocycles. The maximum atomic E-state index is 10.6. The molecule has 12 heavy (non-hydrogen) atoms. The Bertz CT molecular complexity index is 265. The highest BCUT2D eigenvalue weighted by atomic mass is 16.6. The van der Waals surface area contributed by atoms with Gasteiger partial charge < -0.3 is 15.0 Å². The van der Waals surface area contributed by atoms with Gasteiger partial charge in [-0.2, -0.15) is 0 Å². The van der Waals surface area contributed by atoms with Crippen LogP contribution in [0, 0.1) is 0 Å². The van der Waals surface area contributed by atoms with Crippen molar-refractivity contribution in [2.45, 2.75) is 6.92 Å². The van der Waals surface area contributed by atoms with Crippen molar-refractivity contribution in [3.05, 3.63) is 18.4 Å². The van der Waals surface area contributed by atoms with Gasteiger partial charge in [-0.3, -0.25) is 4.79 Å². The Kier molecular flexibility index (Phi) is 4.03. The number of carbonyl (C=O) groups is 2. The first-order valence-corrected chi connectivity index (χ1v) is 2.84. The highest BCUT2D eigenvalue weighted by molar-refractivity contribution is 6.31. The Morgan fingerprint density at radius 2 is 2.17 bits per heavy atom. The molecule has 0 aliphatic heterocycles. The third-order valence-corrected chi connectivity index (χ3v) is 0.696. The van der Waals surface area contributed by atoms with Crippen molar-refractivity contribution in [3.63, 3.8) is 0 Å². The average molecular weight is 170 g/mol. The molecular formula is C6H6N2O4. The second-order valence-corrected chi connectivity index (χ2v) is 1.57. The lowest BCUT2D eigenvalue weighted by molar-refractivity contribution is -0.149. The molecule has 0 aromatic carbocycles. The minimum Gasteiger partial charge on any atom is -0.424 e. The van der Waals surface area contributed by atoms with Gasteiger partial charge in [0.1, 0.15) is 0 Å². The van der Waals surface area contributed by atoms with Gasteiger partial charge in [-0.05, 0) is 0 Å². The molecule has 0 saturated carbocycles. The van der Waals surface area contributed by atoms with Gasteiger partial charge >= 0.3 is 17.8 Å². The van der Waals surface area contributed by atoms with Gasteiger partial charge in [-0.15, -0.1) is 4.79 Å². The molecule has 0 rings (SSSR count). The molecule has 0 heterocycles. The summed E-state index contributed by atoms with van der Waals surface area (Å²) in [5.74, 6) is -2.71. The van der Waals surface area contributed by atoms with E-state index < -0.39 is 17.8 Å². The highest BCUT2D eigenvalue weighted by Crippen LogP contribution is 1.85. The van der Waals surface area contributed by atoms with E-state index in [1.54, 1.807) is 0 Å². The second kappa shape index (κ2) is 4.81. The summed E-state index contributed by atoms with van der Waals surface area (Å²) in [6.07, 6.45) is 0.816. The zero-order valence-corrected chi connectivity index (χ0v) is 6.31. The van der Waals surface area contributed by atoms with E-state index >= 15 is 0 Å². The smallest absolute Gasteiger partial charge is 0.424 e. The molecule has 0 radical (unpaired) electrons. The molecule has 0 amide bonds. The normalized spacial score (nSPS) is 7.75. The number of nitrogens with zero attached hydrogens (tertiary/aromatic N) is 2. The fraction of sp³-hybridized carbons (Fsp3) is 0.167. The molecule has 0 N–H and O–H groups in total. The summed E-state index contributed by atoms with van der Waals surface area (Å²) in [4.78, 5) is 23.3. The van der Waals surface area contributed by atoms with Crippen LogP contribution in [-0.2, 0) is 19.1 Å². The van der Waals surface area contributed by atoms with E-state index in [0.29, 0.717) is 0 Å². The quantitative estimate of drug-likeness (QED) is 0.137. The summed E-state index contributed by atoms with van der Waals surface area (Å²) in [6.45, 7) is 4.12. The molecule has 0 unspecified atom stereocenters. The van der Waals surface area contributed by atoms with Gasteiger partial charge in [0.15, 0.2) is 0 Å². The molecule has 0 aliphatic rings. The molecule has 0 aromatic rings. The first kappa shape index (κ1) is 10.1. The van der Waals surface area contributed by atoms with Crippen LogP contribution in [0.3, 0.4) is 0 Å². The molecule has 0 fully saturated rings. The van der Waals surface area contributed by atoms with E-state index in [2.05, 4.69) is 20.8 Å². The Hall–Kier alpha value is -1.94. The number of ether oxygens (including phenoxy) is 2. The summed E-state index contributed by atoms with van der Waals surface area (Å²) in [7, 11) is 0. The van der Waals surface area contributed by atoms with Gasteiger partial charge in [0.25, 0.3) is 0 Å². The summed E-state index contributed by atoms with van der Waals surface area (Å²) in [5.41, 5.74) is 8.15. The molecule has 6 heteroatoms. The van der Waals surface area contributed by atoms with Gasteiger partial charge in [-0.25, -0.2) is 4.79 Å². The van der Waals surface area contributed by atoms with Crippen molar-refractivity contribution in [1.29, 1.82) is 0 Å². The van der Waals surface area contributed by atoms with Gasteiger partial charge in [-0.1, -0.05) is 6.58 Å². The standard InChI is InChI=1S/C6H6N2O4/c1-3-11-6(10)5(8-7)12-4(2)9/h3H,1H2,2H3. The summed E-state index contributed by atoms with van der Waals surface area (Å²) in [6, 6.07) is 0. The lowest BCUT2D eigenvalue weighted by atomic mass is 10.6. The van der Waals surface area contributed by atoms with Crippen LogP contribution < -0.4 is 0 Å². The molecule has 0 aliphatic carbocycles. The average Bonchev–Trinajstić information content (AvgIpc) is 2.00. The highest BCUT2D eigenvalue weighted by Gasteiger charge is 2.25. The van der Waals surface area contributed by atoms with E-state index in [9.17, 15) is 9.59 Å². The fourth-order valence-electron chi connectivity index (χ4n) is 0.365. The van der Waals surface area contributed by atoms with Crippen LogP contribution in [0.1, 0.15) is 6.92 Å². The third-order valence-electron chi connectivity index (χ3n) is 0.696. The molecule has 0 atom stereocenters. The Morgan fingerprint density at radius 3 is 2.50 bits per heavy atom. The fourth-order valence-corrected chi connectivity index (χ4v) is 0.365. The zero-order valence-electron chi connectivity index (χ0n) is 6.31. The minimum atomic E-state index is -1.09. The molecule has 0 aromatic heterocycles. The number of hydrogen-bond donors (Lipinski definition) is 0. The van der Waals surface area contributed by atoms with Crippen molar-refractivity contribution in [2.24, 2.45) is 0 Å². The molecular weight excluding hydrogens is 164 g/mol. The topological polar surface area (TPSA) is 89.0 Å². The van der Waals surface area contributed by atoms with Crippen LogP contribution in [-0.4, -0.2) is 22.6 Å². The molecule has 64 valence electrons. The zero-order chi connectivity index (χ0) is 9.56. The maximum Gasteiger partial charge on any atom is 0.569 e. The van der Waals surface area contributed by atoms with Gasteiger partial charge in [0.05, 0.1) is 6.26 Å². The van der Waals surface area contributed by atoms with Crippen molar-refractivity contribution < 1.29 is 23.9 Å². The predicted octanol–water partition coefficient (Wildman–Crippen LogP) is -0.135. The van der Waals surface area contributed by atoms with E-state index in [4.69, 9.17) is 5.53 Å². The van der Waals surface area contributed by atoms with Crippen molar-refractivity contribution >= 4 is 17.8 Å². The third kappa shape index (κ3) is 3.28. The number of carbonyl (C=O) groups excluding carboxylic acids is 2. The van der Waals surface area contributed by atoms with Gasteiger partial charge in [0.2, 0.25) is 0 Å². The van der Waals surface area contributed by atoms with Crippen LogP contribution in [0.2, 0.25) is 0 Å². The molecule has 6 nitrogen and oxygen atoms in total. The monoisotopic (exact) mass is 170 g/mol. The summed E-state index contributed by atoms with van der Waals surface area (Å²) in [5, 5.41) is 0. The maximum absolute atomic E-state index is 10.6. The Morgan fingerprint density at radius 1 is 1.58 bits per heavy atom. The first-order chi connectivity index (χ1) is 5.61. The van der Waals surface area contributed by atoms with E-state index in [1.807, 2.05) is 0 Å². The van der Waals surface area contributed by atoms with Gasteiger partial charge in [0, 0.05) is 6.92 Å². The largest absolute Gasteiger partial charge is 0.569 e. The first-order valence-electron chi connectivity index (χ1n) is 2.84. The minimum absolute atomic E-state index is 0.788. The van der Waals surface area contributed by atoms with Crippen LogP contribution >= 0.6 is 0 Å². The summed E-state index contributed by atoms with van der Waals surface area (Å²) >= 11 is 0. The SMILES string of the molecule is C=COC(=O)C(=[N+]=[N-])OC(C)=O. The van der Waals surface area contributed by atoms with Crippen molar-refractivity contribution in [2.75, 3.05) is 0 Å². The second-order valence-electron chi connectivity index (χ2n) is 1.57. The van der Waals surface area contributed by atoms with E-state index in [-0.39, 0.29) is 0 Å². The number of esters is 2. The van der Waals surface area contributed by atoms with Crippen LogP contribution in [0.5, 0.6) is 0 Å². The lowest BCUT2D eigenvalue weighted by Gasteiger charge is -1.92. The van der Waals surface area contributed by atoms with Crippen molar-refractivity contribution in [1.82, 2.24) is 0 Å². The van der Waals surface area contributed by atoms with Crippen LogP contribution in [0.4, 0.5) is 0 Å². The van der Waals surface area contributed by atoms with Crippen LogP contribution in [0.25, 0.3) is 5.53 Å². The Balaban J connectivity index is 4.37. The summed E-state index contributed by atoms with van der Waals surface area (Å²) < 4.78 is 8.31. The Labute approximate surface area is 68.0 Å². The van der Waals surface area contributed by atoms with Crippen LogP contribution in [0.15, 0.2) is 12.8 Å². The van der Waals surface area contributed by atoms with E-state index in [0.717, 1.165) is 13.2 Å².